The molecule has 6 nitrogen and oxygen atoms in total. The fourth-order valence-electron chi connectivity index (χ4n) is 2.38. The highest BCUT2D eigenvalue weighted by Crippen LogP contribution is 2.15. The van der Waals surface area contributed by atoms with Crippen molar-refractivity contribution in [3.05, 3.63) is 77.4 Å². The third-order valence-corrected chi connectivity index (χ3v) is 5.11. The Kier molecular flexibility index (Phi) is 5.38. The second-order valence-corrected chi connectivity index (χ2v) is 7.32. The maximum Gasteiger partial charge on any atom is 0.243 e. The fraction of sp³-hybridized carbons (Fsp3) is 0.176. The summed E-state index contributed by atoms with van der Waals surface area (Å²) in [5, 5.41) is 6.85. The molecule has 3 aromatic rings. The first-order chi connectivity index (χ1) is 12.4. The largest absolute Gasteiger partial charge is 0.263 e. The second kappa shape index (κ2) is 7.71. The van der Waals surface area contributed by atoms with Crippen molar-refractivity contribution in [3.63, 3.8) is 0 Å². The molecule has 0 fully saturated rings. The predicted octanol–water partition coefficient (Wildman–Crippen LogP) is 2.19. The Morgan fingerprint density at radius 1 is 1.08 bits per heavy atom. The third kappa shape index (κ3) is 4.50. The summed E-state index contributed by atoms with van der Waals surface area (Å²) in [5.41, 5.74) is 1.07. The summed E-state index contributed by atoms with van der Waals surface area (Å²) in [6.45, 7) is -0.0121. The molecule has 26 heavy (non-hydrogen) atoms. The second-order valence-electron chi connectivity index (χ2n) is 5.58. The molecule has 0 aliphatic rings. The molecule has 0 amide bonds. The lowest BCUT2D eigenvalue weighted by Crippen LogP contribution is -2.27. The van der Waals surface area contributed by atoms with Crippen LogP contribution in [0.1, 0.15) is 17.2 Å². The molecule has 0 spiro atoms. The predicted molar refractivity (Wildman–Crippen MR) is 90.9 cm³/mol. The van der Waals surface area contributed by atoms with Gasteiger partial charge in [0, 0.05) is 25.5 Å². The summed E-state index contributed by atoms with van der Waals surface area (Å²) in [6.07, 6.45) is 0.813. The van der Waals surface area contributed by atoms with E-state index in [2.05, 4.69) is 19.9 Å². The Balaban J connectivity index is 1.58. The smallest absolute Gasteiger partial charge is 0.243 e. The standard InChI is InChI=1S/C17H16F2N4O2S/c18-13-6-7-15(14(19)11-13)26(24,25)20-9-8-16-21-17(23-22-16)10-12-4-2-1-3-5-12/h1-7,11,20H,8-10H2,(H,21,22,23). The molecular formula is C17H16F2N4O2S. The molecule has 0 radical (unpaired) electrons. The van der Waals surface area contributed by atoms with Gasteiger partial charge in [0.1, 0.15) is 22.4 Å². The lowest BCUT2D eigenvalue weighted by atomic mass is 10.1. The number of aromatic nitrogens is 3. The van der Waals surface area contributed by atoms with Crippen molar-refractivity contribution >= 4 is 10.0 Å². The zero-order valence-corrected chi connectivity index (χ0v) is 14.4. The van der Waals surface area contributed by atoms with Gasteiger partial charge in [0.25, 0.3) is 0 Å². The van der Waals surface area contributed by atoms with Gasteiger partial charge in [-0.15, -0.1) is 0 Å². The van der Waals surface area contributed by atoms with Crippen LogP contribution < -0.4 is 4.72 Å². The maximum atomic E-state index is 13.6. The van der Waals surface area contributed by atoms with Crippen LogP contribution in [-0.2, 0) is 22.9 Å². The highest BCUT2D eigenvalue weighted by Gasteiger charge is 2.19. The molecule has 2 aromatic carbocycles. The van der Waals surface area contributed by atoms with E-state index in [4.69, 9.17) is 0 Å². The number of hydrogen-bond donors (Lipinski definition) is 2. The number of nitrogens with one attached hydrogen (secondary N) is 2. The summed E-state index contributed by atoms with van der Waals surface area (Å²) in [5.74, 6) is -0.870. The Morgan fingerprint density at radius 3 is 2.58 bits per heavy atom. The molecule has 0 unspecified atom stereocenters. The minimum atomic E-state index is -4.08. The molecule has 0 atom stereocenters. The van der Waals surface area contributed by atoms with Crippen LogP contribution in [0.2, 0.25) is 0 Å². The highest BCUT2D eigenvalue weighted by molar-refractivity contribution is 7.89. The Hall–Kier alpha value is -2.65. The van der Waals surface area contributed by atoms with Crippen LogP contribution in [0.15, 0.2) is 53.4 Å². The summed E-state index contributed by atoms with van der Waals surface area (Å²) in [7, 11) is -4.08. The minimum absolute atomic E-state index is 0.0121. The van der Waals surface area contributed by atoms with Gasteiger partial charge in [-0.3, -0.25) is 5.10 Å². The van der Waals surface area contributed by atoms with Gasteiger partial charge in [-0.25, -0.2) is 26.9 Å². The molecule has 1 aromatic heterocycles. The third-order valence-electron chi connectivity index (χ3n) is 3.62. The van der Waals surface area contributed by atoms with Crippen LogP contribution in [0.4, 0.5) is 8.78 Å². The average molecular weight is 378 g/mol. The van der Waals surface area contributed by atoms with E-state index in [0.29, 0.717) is 24.1 Å². The Labute approximate surface area is 149 Å². The van der Waals surface area contributed by atoms with E-state index in [0.717, 1.165) is 17.7 Å². The quantitative estimate of drug-likeness (QED) is 0.660. The van der Waals surface area contributed by atoms with E-state index >= 15 is 0 Å². The van der Waals surface area contributed by atoms with Crippen LogP contribution in [0.5, 0.6) is 0 Å². The van der Waals surface area contributed by atoms with E-state index in [-0.39, 0.29) is 13.0 Å². The monoisotopic (exact) mass is 378 g/mol. The highest BCUT2D eigenvalue weighted by atomic mass is 32.2. The summed E-state index contributed by atoms with van der Waals surface area (Å²) >= 11 is 0. The molecule has 0 saturated carbocycles. The molecular weight excluding hydrogens is 362 g/mol. The van der Waals surface area contributed by atoms with Gasteiger partial charge in [0.2, 0.25) is 10.0 Å². The van der Waals surface area contributed by atoms with Crippen LogP contribution in [0.3, 0.4) is 0 Å². The molecule has 0 bridgehead atoms. The van der Waals surface area contributed by atoms with Crippen LogP contribution in [0, 0.1) is 11.6 Å². The van der Waals surface area contributed by atoms with Crippen LogP contribution in [-0.4, -0.2) is 30.1 Å². The normalized spacial score (nSPS) is 11.6. The zero-order chi connectivity index (χ0) is 18.6. The number of rotatable bonds is 7. The SMILES string of the molecule is O=S(=O)(NCCc1n[nH]c(Cc2ccccc2)n1)c1ccc(F)cc1F. The molecule has 9 heteroatoms. The first kappa shape index (κ1) is 18.2. The van der Waals surface area contributed by atoms with E-state index in [1.54, 1.807) is 0 Å². The molecule has 2 N–H and O–H groups in total. The van der Waals surface area contributed by atoms with Gasteiger partial charge in [0.05, 0.1) is 0 Å². The van der Waals surface area contributed by atoms with E-state index in [1.165, 1.54) is 0 Å². The first-order valence-corrected chi connectivity index (χ1v) is 9.31. The summed E-state index contributed by atoms with van der Waals surface area (Å²) < 4.78 is 52.9. The summed E-state index contributed by atoms with van der Waals surface area (Å²) in [4.78, 5) is 3.70. The van der Waals surface area contributed by atoms with Gasteiger partial charge in [0.15, 0.2) is 5.82 Å². The lowest BCUT2D eigenvalue weighted by molar-refractivity contribution is 0.543. The molecule has 136 valence electrons. The Morgan fingerprint density at radius 2 is 1.85 bits per heavy atom. The van der Waals surface area contributed by atoms with Crippen molar-refractivity contribution < 1.29 is 17.2 Å². The first-order valence-electron chi connectivity index (χ1n) is 7.83. The lowest BCUT2D eigenvalue weighted by Gasteiger charge is -2.06. The number of nitrogens with zero attached hydrogens (tertiary/aromatic N) is 2. The fourth-order valence-corrected chi connectivity index (χ4v) is 3.47. The van der Waals surface area contributed by atoms with E-state index in [1.807, 2.05) is 30.3 Å². The topological polar surface area (TPSA) is 87.7 Å². The number of halogens is 2. The zero-order valence-electron chi connectivity index (χ0n) is 13.6. The number of sulfonamides is 1. The molecule has 0 aliphatic heterocycles. The van der Waals surface area contributed by atoms with Gasteiger partial charge in [-0.2, -0.15) is 5.10 Å². The molecule has 3 rings (SSSR count). The summed E-state index contributed by atoms with van der Waals surface area (Å²) in [6, 6.07) is 12.0. The maximum absolute atomic E-state index is 13.6. The molecule has 0 aliphatic carbocycles. The van der Waals surface area contributed by atoms with Gasteiger partial charge >= 0.3 is 0 Å². The van der Waals surface area contributed by atoms with Gasteiger partial charge < -0.3 is 0 Å². The minimum Gasteiger partial charge on any atom is -0.263 e. The average Bonchev–Trinajstić information content (AvgIpc) is 3.02. The van der Waals surface area contributed by atoms with Crippen LogP contribution >= 0.6 is 0 Å². The van der Waals surface area contributed by atoms with Crippen molar-refractivity contribution in [2.45, 2.75) is 17.7 Å². The van der Waals surface area contributed by atoms with Crippen molar-refractivity contribution in [2.75, 3.05) is 6.54 Å². The Bertz CT molecular complexity index is 991. The number of benzene rings is 2. The number of hydrogen-bond acceptors (Lipinski definition) is 4. The molecule has 1 heterocycles. The van der Waals surface area contributed by atoms with Crippen molar-refractivity contribution in [1.82, 2.24) is 19.9 Å². The van der Waals surface area contributed by atoms with Crippen molar-refractivity contribution in [1.29, 1.82) is 0 Å². The van der Waals surface area contributed by atoms with Crippen molar-refractivity contribution in [3.8, 4) is 0 Å². The van der Waals surface area contributed by atoms with Crippen molar-refractivity contribution in [2.24, 2.45) is 0 Å². The van der Waals surface area contributed by atoms with E-state index in [9.17, 15) is 17.2 Å². The van der Waals surface area contributed by atoms with Crippen LogP contribution in [0.25, 0.3) is 0 Å². The van der Waals surface area contributed by atoms with Gasteiger partial charge in [-0.05, 0) is 17.7 Å². The number of H-pyrrole nitrogens is 1. The molecule has 0 saturated heterocycles. The number of aromatic amines is 1. The van der Waals surface area contributed by atoms with E-state index < -0.39 is 26.6 Å². The van der Waals surface area contributed by atoms with Gasteiger partial charge in [-0.1, -0.05) is 30.3 Å².